The van der Waals surface area contributed by atoms with Gasteiger partial charge in [-0.1, -0.05) is 406 Å². The molecular formula is C126H87N3S3. The van der Waals surface area contributed by atoms with Crippen molar-refractivity contribution in [2.45, 2.75) is 0 Å². The van der Waals surface area contributed by atoms with Crippen molar-refractivity contribution >= 4 is 146 Å². The molecule has 24 rings (SSSR count). The quantitative estimate of drug-likeness (QED) is 0.0848. The van der Waals surface area contributed by atoms with Gasteiger partial charge in [0.15, 0.2) is 0 Å². The smallest absolute Gasteiger partial charge is 0.0540 e. The first-order valence-corrected chi connectivity index (χ1v) is 47.3. The first kappa shape index (κ1) is 81.4. The standard InChI is InChI=1S/3C42H29NS/c1-4-14-30(15-5-1)31-24-26-34(27-25-31)43(40-22-12-10-20-36(40)32-16-6-2-7-17-32)35-28-38(33-18-8-3-9-19-33)42-39(29-35)37-21-11-13-23-41(37)44-42;1-4-13-30(14-5-1)32-23-25-35(26-24-32)43(36-20-12-19-34(27-36)31-15-6-2-7-16-31)37-28-39(33-17-8-3-9-18-33)42-40(29-37)38-21-10-11-22-41(38)44-42;1-4-12-30(13-5-1)31-20-22-32(23-21-31)33-24-26-36(27-25-33)43(35-16-8-3-9-17-35)37-28-39(34-14-6-2-7-15-34)42-40(29-37)38-18-10-11-19-41(38)44-42/h3*1-29H. The molecule has 0 unspecified atom stereocenters. The molecule has 6 heteroatoms. The Morgan fingerprint density at radius 3 is 0.697 bits per heavy atom. The second-order valence-corrected chi connectivity index (χ2v) is 36.1. The van der Waals surface area contributed by atoms with Crippen molar-refractivity contribution in [3.63, 3.8) is 0 Å². The molecule has 0 saturated carbocycles. The molecule has 0 amide bonds. The Morgan fingerprint density at radius 1 is 0.121 bits per heavy atom. The molecule has 0 aliphatic rings. The molecule has 0 atom stereocenters. The zero-order chi connectivity index (χ0) is 87.9. The highest BCUT2D eigenvalue weighted by atomic mass is 32.1. The van der Waals surface area contributed by atoms with E-state index in [0.717, 1.165) is 51.2 Å². The first-order valence-electron chi connectivity index (χ1n) is 44.8. The van der Waals surface area contributed by atoms with Gasteiger partial charge in [0.25, 0.3) is 0 Å². The minimum absolute atomic E-state index is 1.12. The van der Waals surface area contributed by atoms with E-state index in [9.17, 15) is 0 Å². The maximum Gasteiger partial charge on any atom is 0.0540 e. The van der Waals surface area contributed by atoms with E-state index in [4.69, 9.17) is 0 Å². The molecule has 0 aliphatic heterocycles. The Labute approximate surface area is 782 Å². The molecule has 624 valence electrons. The van der Waals surface area contributed by atoms with Gasteiger partial charge in [0.2, 0.25) is 0 Å². The van der Waals surface area contributed by atoms with Crippen LogP contribution in [0.2, 0.25) is 0 Å². The Morgan fingerprint density at radius 2 is 0.348 bits per heavy atom. The highest BCUT2D eigenvalue weighted by Crippen LogP contribution is 2.52. The van der Waals surface area contributed by atoms with Crippen molar-refractivity contribution in [2.75, 3.05) is 14.7 Å². The highest BCUT2D eigenvalue weighted by molar-refractivity contribution is 7.27. The van der Waals surface area contributed by atoms with Gasteiger partial charge in [-0.2, -0.15) is 0 Å². The fourth-order valence-electron chi connectivity index (χ4n) is 18.4. The first-order chi connectivity index (χ1) is 65.5. The molecule has 0 radical (unpaired) electrons. The van der Waals surface area contributed by atoms with Gasteiger partial charge >= 0.3 is 0 Å². The van der Waals surface area contributed by atoms with Crippen molar-refractivity contribution in [3.8, 4) is 100 Å². The van der Waals surface area contributed by atoms with Crippen molar-refractivity contribution in [2.24, 2.45) is 0 Å². The number of para-hydroxylation sites is 2. The third-order valence-corrected chi connectivity index (χ3v) is 28.4. The Kier molecular flexibility index (Phi) is 22.9. The lowest BCUT2D eigenvalue weighted by Gasteiger charge is -2.29. The molecule has 3 aromatic heterocycles. The summed E-state index contributed by atoms with van der Waals surface area (Å²) in [6.45, 7) is 0. The van der Waals surface area contributed by atoms with E-state index in [0.29, 0.717) is 0 Å². The van der Waals surface area contributed by atoms with Gasteiger partial charge in [-0.15, -0.1) is 34.0 Å². The van der Waals surface area contributed by atoms with E-state index in [1.165, 1.54) is 161 Å². The largest absolute Gasteiger partial charge is 0.310 e. The second-order valence-electron chi connectivity index (χ2n) is 33.0. The lowest BCUT2D eigenvalue weighted by Crippen LogP contribution is -2.11. The van der Waals surface area contributed by atoms with Crippen LogP contribution in [0.3, 0.4) is 0 Å². The van der Waals surface area contributed by atoms with E-state index in [1.807, 2.05) is 34.0 Å². The van der Waals surface area contributed by atoms with Gasteiger partial charge in [0.1, 0.15) is 0 Å². The third kappa shape index (κ3) is 16.7. The molecule has 24 aromatic rings. The molecule has 21 aromatic carbocycles. The number of hydrogen-bond acceptors (Lipinski definition) is 6. The summed E-state index contributed by atoms with van der Waals surface area (Å²) in [6, 6.07) is 190. The summed E-state index contributed by atoms with van der Waals surface area (Å²) in [5, 5.41) is 7.75. The average molecular weight is 1740 g/mol. The Balaban J connectivity index is 0.000000116. The van der Waals surface area contributed by atoms with Gasteiger partial charge < -0.3 is 14.7 Å². The van der Waals surface area contributed by atoms with Crippen molar-refractivity contribution < 1.29 is 0 Å². The monoisotopic (exact) mass is 1740 g/mol. The zero-order valence-corrected chi connectivity index (χ0v) is 74.7. The number of thiophene rings is 3. The Hall–Kier alpha value is -16.3. The molecule has 3 nitrogen and oxygen atoms in total. The lowest BCUT2D eigenvalue weighted by molar-refractivity contribution is 1.29. The summed E-state index contributed by atoms with van der Waals surface area (Å²) in [5.41, 5.74) is 32.1. The van der Waals surface area contributed by atoms with Gasteiger partial charge in [0, 0.05) is 128 Å². The molecular weight excluding hydrogens is 1650 g/mol. The number of anilines is 9. The van der Waals surface area contributed by atoms with Crippen LogP contribution in [0.25, 0.3) is 161 Å². The molecule has 0 saturated heterocycles. The Bertz CT molecular complexity index is 8120. The number of fused-ring (bicyclic) bond motifs is 9. The van der Waals surface area contributed by atoms with Gasteiger partial charge in [-0.25, -0.2) is 0 Å². The van der Waals surface area contributed by atoms with Gasteiger partial charge in [-0.05, 0) is 199 Å². The summed E-state index contributed by atoms with van der Waals surface area (Å²) in [5.74, 6) is 0. The van der Waals surface area contributed by atoms with Crippen LogP contribution in [-0.4, -0.2) is 0 Å². The van der Waals surface area contributed by atoms with Crippen LogP contribution in [0.1, 0.15) is 0 Å². The molecule has 0 spiro atoms. The summed E-state index contributed by atoms with van der Waals surface area (Å²) in [7, 11) is 0. The zero-order valence-electron chi connectivity index (χ0n) is 72.3. The average Bonchev–Trinajstić information content (AvgIpc) is 1.55. The van der Waals surface area contributed by atoms with Crippen LogP contribution >= 0.6 is 34.0 Å². The van der Waals surface area contributed by atoms with Crippen LogP contribution in [0.4, 0.5) is 51.2 Å². The topological polar surface area (TPSA) is 9.72 Å². The highest BCUT2D eigenvalue weighted by Gasteiger charge is 2.25. The van der Waals surface area contributed by atoms with Crippen LogP contribution in [0, 0.1) is 0 Å². The van der Waals surface area contributed by atoms with Crippen molar-refractivity contribution in [1.82, 2.24) is 0 Å². The third-order valence-electron chi connectivity index (χ3n) is 24.8. The van der Waals surface area contributed by atoms with Crippen LogP contribution in [0.5, 0.6) is 0 Å². The van der Waals surface area contributed by atoms with Crippen molar-refractivity contribution in [3.05, 3.63) is 528 Å². The number of nitrogens with zero attached hydrogens (tertiary/aromatic N) is 3. The molecule has 0 aliphatic carbocycles. The van der Waals surface area contributed by atoms with Gasteiger partial charge in [-0.3, -0.25) is 0 Å². The number of benzene rings is 21. The number of hydrogen-bond donors (Lipinski definition) is 0. The summed E-state index contributed by atoms with van der Waals surface area (Å²) >= 11 is 5.63. The summed E-state index contributed by atoms with van der Waals surface area (Å²) in [6.07, 6.45) is 0. The maximum absolute atomic E-state index is 2.43. The predicted molar refractivity (Wildman–Crippen MR) is 571 cm³/mol. The van der Waals surface area contributed by atoms with Crippen LogP contribution in [-0.2, 0) is 0 Å². The molecule has 3 heterocycles. The van der Waals surface area contributed by atoms with E-state index >= 15 is 0 Å². The fraction of sp³-hybridized carbons (Fsp3) is 0. The van der Waals surface area contributed by atoms with Crippen LogP contribution in [0.15, 0.2) is 528 Å². The minimum atomic E-state index is 1.12. The second kappa shape index (κ2) is 37.2. The normalized spacial score (nSPS) is 11.2. The minimum Gasteiger partial charge on any atom is -0.310 e. The fourth-order valence-corrected chi connectivity index (χ4v) is 22.0. The molecule has 132 heavy (non-hydrogen) atoms. The SMILES string of the molecule is c1ccc(-c2ccc(-c3ccc(N(c4ccccc4)c4cc(-c5ccccc5)c5sc6ccccc6c5c4)cc3)cc2)cc1.c1ccc(-c2ccc(N(c3cc(-c4ccccc4)c4sc5ccccc5c4c3)c3ccccc3-c3ccccc3)cc2)cc1.c1ccc(-c2ccc(N(c3cccc(-c4ccccc4)c3)c3cc(-c4ccccc4)c4sc5ccccc5c4c3)cc2)cc1. The lowest BCUT2D eigenvalue weighted by atomic mass is 9.98. The predicted octanol–water partition coefficient (Wildman–Crippen LogP) is 37.6. The molecule has 0 N–H and O–H groups in total. The molecule has 0 fully saturated rings. The summed E-state index contributed by atoms with van der Waals surface area (Å²) < 4.78 is 7.88. The van der Waals surface area contributed by atoms with Crippen molar-refractivity contribution in [1.29, 1.82) is 0 Å². The van der Waals surface area contributed by atoms with Gasteiger partial charge in [0.05, 0.1) is 5.69 Å². The van der Waals surface area contributed by atoms with E-state index in [1.54, 1.807) is 0 Å². The van der Waals surface area contributed by atoms with E-state index < -0.39 is 0 Å². The van der Waals surface area contributed by atoms with E-state index in [-0.39, 0.29) is 0 Å². The van der Waals surface area contributed by atoms with E-state index in [2.05, 4.69) is 542 Å². The maximum atomic E-state index is 2.43. The van der Waals surface area contributed by atoms with Crippen LogP contribution < -0.4 is 14.7 Å². The summed E-state index contributed by atoms with van der Waals surface area (Å²) in [4.78, 5) is 7.20. The number of rotatable bonds is 18. The molecule has 0 bridgehead atoms.